The van der Waals surface area contributed by atoms with Crippen LogP contribution >= 0.6 is 0 Å². The molecule has 1 nitrogen and oxygen atoms in total. The highest BCUT2D eigenvalue weighted by Gasteiger charge is 2.34. The zero-order valence-electron chi connectivity index (χ0n) is 13.3. The lowest BCUT2D eigenvalue weighted by molar-refractivity contribution is 0.594. The summed E-state index contributed by atoms with van der Waals surface area (Å²) in [4.78, 5) is 0. The highest BCUT2D eigenvalue weighted by Crippen LogP contribution is 2.52. The molecule has 3 aromatic rings. The summed E-state index contributed by atoms with van der Waals surface area (Å²) in [5.74, 6) is 1.77. The maximum absolute atomic E-state index is 6.21. The number of allylic oxidation sites excluding steroid dienone is 5. The Kier molecular flexibility index (Phi) is 2.32. The van der Waals surface area contributed by atoms with E-state index in [-0.39, 0.29) is 0 Å². The molecule has 0 amide bonds. The molecule has 1 heterocycles. The second-order valence-electron chi connectivity index (χ2n) is 7.07. The van der Waals surface area contributed by atoms with Gasteiger partial charge in [0.05, 0.1) is 0 Å². The first kappa shape index (κ1) is 12.9. The largest absolute Gasteiger partial charge is 0.456 e. The fourth-order valence-corrected chi connectivity index (χ4v) is 4.84. The Morgan fingerprint density at radius 1 is 1.04 bits per heavy atom. The summed E-state index contributed by atoms with van der Waals surface area (Å²) in [6.07, 6.45) is 13.0. The quantitative estimate of drug-likeness (QED) is 0.510. The summed E-state index contributed by atoms with van der Waals surface area (Å²) in [6, 6.07) is 8.98. The van der Waals surface area contributed by atoms with Gasteiger partial charge in [0.2, 0.25) is 0 Å². The van der Waals surface area contributed by atoms with Crippen molar-refractivity contribution in [1.82, 2.24) is 0 Å². The predicted octanol–water partition coefficient (Wildman–Crippen LogP) is 5.35. The molecule has 0 saturated carbocycles. The Labute approximate surface area is 141 Å². The maximum Gasteiger partial charge on any atom is 0.136 e. The topological polar surface area (TPSA) is 13.1 Å². The molecule has 3 aliphatic rings. The number of fused-ring (bicyclic) bond motifs is 7. The van der Waals surface area contributed by atoms with Crippen LogP contribution in [0.25, 0.3) is 27.8 Å². The van der Waals surface area contributed by atoms with Crippen molar-refractivity contribution in [2.45, 2.75) is 24.7 Å². The van der Waals surface area contributed by atoms with Gasteiger partial charge in [0.15, 0.2) is 0 Å². The maximum atomic E-state index is 6.21. The molecule has 2 aromatic carbocycles. The molecular formula is C22H15BO. The fourth-order valence-electron chi connectivity index (χ4n) is 4.84. The van der Waals surface area contributed by atoms with Crippen molar-refractivity contribution >= 4 is 35.7 Å². The Morgan fingerprint density at radius 2 is 2.00 bits per heavy atom. The van der Waals surface area contributed by atoms with E-state index in [0.29, 0.717) is 11.8 Å². The molecule has 3 aliphatic carbocycles. The van der Waals surface area contributed by atoms with Crippen molar-refractivity contribution in [2.24, 2.45) is 0 Å². The van der Waals surface area contributed by atoms with Gasteiger partial charge in [-0.25, -0.2) is 0 Å². The number of hydrogen-bond donors (Lipinski definition) is 0. The van der Waals surface area contributed by atoms with Gasteiger partial charge in [-0.3, -0.25) is 0 Å². The van der Waals surface area contributed by atoms with Gasteiger partial charge in [-0.15, -0.1) is 5.47 Å². The molecule has 2 atom stereocenters. The van der Waals surface area contributed by atoms with E-state index >= 15 is 0 Å². The lowest BCUT2D eigenvalue weighted by Gasteiger charge is -2.19. The molecule has 0 N–H and O–H groups in total. The fraction of sp³-hybridized carbons (Fsp3) is 0.182. The first-order valence-corrected chi connectivity index (χ1v) is 8.64. The van der Waals surface area contributed by atoms with Crippen LogP contribution in [0.2, 0.25) is 0 Å². The van der Waals surface area contributed by atoms with Gasteiger partial charge >= 0.3 is 0 Å². The van der Waals surface area contributed by atoms with E-state index in [4.69, 9.17) is 12.3 Å². The molecule has 24 heavy (non-hydrogen) atoms. The molecule has 0 spiro atoms. The molecule has 2 heteroatoms. The molecule has 0 bridgehead atoms. The first-order chi connectivity index (χ1) is 11.8. The second-order valence-corrected chi connectivity index (χ2v) is 7.07. The SMILES string of the molecule is [B]C1=CC2c3cccc4c3c(cc3oc5c(c34)CCC=C5)C2C=C1. The van der Waals surface area contributed by atoms with E-state index in [9.17, 15) is 0 Å². The smallest absolute Gasteiger partial charge is 0.136 e. The van der Waals surface area contributed by atoms with E-state index in [1.54, 1.807) is 0 Å². The lowest BCUT2D eigenvalue weighted by Crippen LogP contribution is -2.04. The summed E-state index contributed by atoms with van der Waals surface area (Å²) < 4.78 is 6.21. The summed E-state index contributed by atoms with van der Waals surface area (Å²) in [7, 11) is 6.07. The van der Waals surface area contributed by atoms with Crippen LogP contribution < -0.4 is 0 Å². The average Bonchev–Trinajstić information content (AvgIpc) is 3.13. The van der Waals surface area contributed by atoms with Gasteiger partial charge in [-0.05, 0) is 46.9 Å². The zero-order valence-corrected chi connectivity index (χ0v) is 13.3. The third-order valence-electron chi connectivity index (χ3n) is 5.81. The van der Waals surface area contributed by atoms with Crippen LogP contribution in [-0.4, -0.2) is 7.85 Å². The van der Waals surface area contributed by atoms with Crippen molar-refractivity contribution in [3.05, 3.63) is 76.5 Å². The van der Waals surface area contributed by atoms with Crippen molar-refractivity contribution in [3.63, 3.8) is 0 Å². The second kappa shape index (κ2) is 4.33. The van der Waals surface area contributed by atoms with Gasteiger partial charge in [-0.2, -0.15) is 0 Å². The molecule has 1 aromatic heterocycles. The number of aryl methyl sites for hydroxylation is 1. The van der Waals surface area contributed by atoms with E-state index in [2.05, 4.69) is 48.6 Å². The zero-order chi connectivity index (χ0) is 15.8. The standard InChI is InChI=1S/C22H15BO/c23-12-8-9-13-17(10-12)14-5-3-6-16-21(14)18(13)11-20-22(16)15-4-1-2-7-19(15)24-20/h2-3,5-11,13,17H,1,4H2. The third-order valence-corrected chi connectivity index (χ3v) is 5.81. The Balaban J connectivity index is 1.78. The van der Waals surface area contributed by atoms with E-state index in [1.165, 1.54) is 32.8 Å². The molecular weight excluding hydrogens is 291 g/mol. The van der Waals surface area contributed by atoms with Gasteiger partial charge in [0.1, 0.15) is 19.2 Å². The molecule has 6 rings (SSSR count). The number of furan rings is 1. The van der Waals surface area contributed by atoms with Gasteiger partial charge in [0, 0.05) is 22.8 Å². The van der Waals surface area contributed by atoms with Crippen LogP contribution in [0.1, 0.15) is 40.7 Å². The first-order valence-electron chi connectivity index (χ1n) is 8.64. The predicted molar refractivity (Wildman–Crippen MR) is 99.5 cm³/mol. The Bertz CT molecular complexity index is 1130. The van der Waals surface area contributed by atoms with Gasteiger partial charge < -0.3 is 4.42 Å². The van der Waals surface area contributed by atoms with Crippen molar-refractivity contribution < 1.29 is 4.42 Å². The van der Waals surface area contributed by atoms with E-state index in [0.717, 1.165) is 29.7 Å². The average molecular weight is 306 g/mol. The monoisotopic (exact) mass is 306 g/mol. The Morgan fingerprint density at radius 3 is 2.96 bits per heavy atom. The van der Waals surface area contributed by atoms with Crippen molar-refractivity contribution in [1.29, 1.82) is 0 Å². The number of benzene rings is 2. The van der Waals surface area contributed by atoms with E-state index < -0.39 is 0 Å². The highest BCUT2D eigenvalue weighted by atomic mass is 16.3. The molecule has 112 valence electrons. The van der Waals surface area contributed by atoms with Crippen LogP contribution in [0.15, 0.2) is 58.5 Å². The van der Waals surface area contributed by atoms with Gasteiger partial charge in [-0.1, -0.05) is 42.5 Å². The molecule has 2 unspecified atom stereocenters. The molecule has 0 fully saturated rings. The molecule has 0 aliphatic heterocycles. The number of hydrogen-bond acceptors (Lipinski definition) is 1. The molecule has 2 radical (unpaired) electrons. The lowest BCUT2D eigenvalue weighted by atomic mass is 9.79. The summed E-state index contributed by atoms with van der Waals surface area (Å²) in [5.41, 5.74) is 6.06. The van der Waals surface area contributed by atoms with Crippen LogP contribution in [0, 0.1) is 0 Å². The van der Waals surface area contributed by atoms with Crippen molar-refractivity contribution in [3.8, 4) is 0 Å². The van der Waals surface area contributed by atoms with Crippen LogP contribution in [0.4, 0.5) is 0 Å². The normalized spacial score (nSPS) is 23.6. The molecule has 0 saturated heterocycles. The van der Waals surface area contributed by atoms with Crippen molar-refractivity contribution in [2.75, 3.05) is 0 Å². The van der Waals surface area contributed by atoms with Crippen LogP contribution in [0.5, 0.6) is 0 Å². The van der Waals surface area contributed by atoms with Crippen LogP contribution in [-0.2, 0) is 6.42 Å². The Hall–Kier alpha value is -2.48. The van der Waals surface area contributed by atoms with E-state index in [1.807, 2.05) is 6.08 Å². The summed E-state index contributed by atoms with van der Waals surface area (Å²) in [5, 5.41) is 4.07. The summed E-state index contributed by atoms with van der Waals surface area (Å²) >= 11 is 0. The highest BCUT2D eigenvalue weighted by molar-refractivity contribution is 6.23. The minimum absolute atomic E-state index is 0.357. The third kappa shape index (κ3) is 1.47. The van der Waals surface area contributed by atoms with Gasteiger partial charge in [0.25, 0.3) is 0 Å². The number of rotatable bonds is 0. The van der Waals surface area contributed by atoms with Crippen LogP contribution in [0.3, 0.4) is 0 Å². The minimum Gasteiger partial charge on any atom is -0.456 e. The summed E-state index contributed by atoms with van der Waals surface area (Å²) in [6.45, 7) is 0. The minimum atomic E-state index is 0.357.